The van der Waals surface area contributed by atoms with Crippen molar-refractivity contribution in [1.29, 1.82) is 0 Å². The van der Waals surface area contributed by atoms with E-state index in [1.807, 2.05) is 0 Å². The van der Waals surface area contributed by atoms with Gasteiger partial charge in [0.2, 0.25) is 0 Å². The molecule has 0 amide bonds. The average Bonchev–Trinajstić information content (AvgIpc) is 3.84. The summed E-state index contributed by atoms with van der Waals surface area (Å²) in [7, 11) is 2.37. The topological polar surface area (TPSA) is 3.24 Å². The Kier molecular flexibility index (Phi) is 10.2. The SMILES string of the molecule is Cc1ccc(-c2ccc3c(c2)C2(c4cc(-c5ccc(C)cc5)ccc4-c4ccc([N+](C)(c5ccc(C)cc5)c5ccc(C)cc5)cc42)c2cc(N(c4ccc(C)cc4)c4ccc(C)cc4)ccc2-3)cc1. The molecule has 0 saturated heterocycles. The lowest BCUT2D eigenvalue weighted by Crippen LogP contribution is -2.34. The number of quaternary nitrogens is 1. The van der Waals surface area contributed by atoms with Gasteiger partial charge in [0.1, 0.15) is 17.1 Å². The number of rotatable bonds is 8. The predicted octanol–water partition coefficient (Wildman–Crippen LogP) is 18.3. The van der Waals surface area contributed by atoms with Crippen molar-refractivity contribution in [3.05, 3.63) is 274 Å². The molecule has 10 aromatic rings. The summed E-state index contributed by atoms with van der Waals surface area (Å²) < 4.78 is 0.507. The average molecular weight is 902 g/mol. The summed E-state index contributed by atoms with van der Waals surface area (Å²) in [6, 6.07) is 83.4. The maximum absolute atomic E-state index is 2.57. The van der Waals surface area contributed by atoms with Crippen LogP contribution in [0.25, 0.3) is 44.5 Å². The third-order valence-electron chi connectivity index (χ3n) is 15.5. The van der Waals surface area contributed by atoms with Gasteiger partial charge in [0.25, 0.3) is 0 Å². The van der Waals surface area contributed by atoms with E-state index in [0.29, 0.717) is 4.48 Å². The van der Waals surface area contributed by atoms with Crippen LogP contribution >= 0.6 is 0 Å². The second kappa shape index (κ2) is 16.6. The molecule has 0 aromatic heterocycles. The summed E-state index contributed by atoms with van der Waals surface area (Å²) in [5.41, 5.74) is 29.0. The first-order valence-electron chi connectivity index (χ1n) is 24.7. The summed E-state index contributed by atoms with van der Waals surface area (Å²) in [5, 5.41) is 0. The quantitative estimate of drug-likeness (QED) is 0.137. The molecule has 2 aliphatic carbocycles. The van der Waals surface area contributed by atoms with Crippen molar-refractivity contribution in [2.75, 3.05) is 11.9 Å². The van der Waals surface area contributed by atoms with Gasteiger partial charge in [-0.1, -0.05) is 161 Å². The number of aryl methyl sites for hydroxylation is 6. The summed E-state index contributed by atoms with van der Waals surface area (Å²) in [6.07, 6.45) is 0. The molecule has 0 N–H and O–H groups in total. The zero-order valence-corrected chi connectivity index (χ0v) is 41.2. The third-order valence-corrected chi connectivity index (χ3v) is 15.5. The highest BCUT2D eigenvalue weighted by atomic mass is 15.3. The van der Waals surface area contributed by atoms with E-state index in [-0.39, 0.29) is 0 Å². The van der Waals surface area contributed by atoms with Crippen LogP contribution in [0.3, 0.4) is 0 Å². The molecule has 0 bridgehead atoms. The summed E-state index contributed by atoms with van der Waals surface area (Å²) in [5.74, 6) is 0. The van der Waals surface area contributed by atoms with Crippen LogP contribution in [0.1, 0.15) is 55.6 Å². The number of benzene rings is 10. The van der Waals surface area contributed by atoms with Crippen molar-refractivity contribution >= 4 is 34.1 Å². The normalized spacial score (nSPS) is 14.3. The van der Waals surface area contributed by atoms with Crippen molar-refractivity contribution in [2.24, 2.45) is 0 Å². The van der Waals surface area contributed by atoms with Crippen LogP contribution in [0.2, 0.25) is 0 Å². The molecule has 2 aliphatic rings. The minimum atomic E-state index is -0.680. The summed E-state index contributed by atoms with van der Waals surface area (Å²) >= 11 is 0. The minimum absolute atomic E-state index is 0.507. The molecule has 0 fully saturated rings. The van der Waals surface area contributed by atoms with Crippen LogP contribution in [0.15, 0.2) is 218 Å². The summed E-state index contributed by atoms with van der Waals surface area (Å²) in [6.45, 7) is 13.0. The van der Waals surface area contributed by atoms with Gasteiger partial charge in [-0.3, -0.25) is 0 Å². The third kappa shape index (κ3) is 6.89. The molecule has 12 rings (SSSR count). The van der Waals surface area contributed by atoms with Crippen molar-refractivity contribution in [2.45, 2.75) is 47.0 Å². The van der Waals surface area contributed by atoms with E-state index in [9.17, 15) is 0 Å². The Bertz CT molecular complexity index is 3470. The molecule has 0 aliphatic heterocycles. The van der Waals surface area contributed by atoms with Crippen LogP contribution < -0.4 is 9.38 Å². The maximum Gasteiger partial charge on any atom is 0.143 e. The second-order valence-electron chi connectivity index (χ2n) is 20.1. The van der Waals surface area contributed by atoms with Crippen molar-refractivity contribution < 1.29 is 0 Å². The van der Waals surface area contributed by atoms with Gasteiger partial charge in [0.05, 0.1) is 12.5 Å². The van der Waals surface area contributed by atoms with Crippen LogP contribution in [0, 0.1) is 41.5 Å². The van der Waals surface area contributed by atoms with Gasteiger partial charge in [-0.15, -0.1) is 0 Å². The minimum Gasteiger partial charge on any atom is -0.310 e. The molecule has 0 heterocycles. The Balaban J connectivity index is 1.19. The summed E-state index contributed by atoms with van der Waals surface area (Å²) in [4.78, 5) is 2.44. The number of hydrogen-bond donors (Lipinski definition) is 0. The molecule has 10 aromatic carbocycles. The van der Waals surface area contributed by atoms with Gasteiger partial charge in [-0.05, 0) is 163 Å². The monoisotopic (exact) mass is 901 g/mol. The molecule has 0 radical (unpaired) electrons. The lowest BCUT2D eigenvalue weighted by Gasteiger charge is -2.36. The standard InChI is InChI=1S/C68H57N2/c1-44-8-20-50(21-9-44)52-24-36-60-62-38-30-56(69(54-26-12-46(3)13-27-54)55-28-14-47(4)15-29-55)42-66(62)68(64(60)40-52)65-41-53(51-22-10-45(2)11-23-51)25-37-61(65)63-39-35-59(43-67(63)68)70(7,57-31-16-48(5)17-32-57)58-33-18-49(6)19-34-58/h8-43H,1-7H3/q+1. The van der Waals surface area contributed by atoms with Crippen LogP contribution in [0.5, 0.6) is 0 Å². The molecule has 70 heavy (non-hydrogen) atoms. The van der Waals surface area contributed by atoms with E-state index in [4.69, 9.17) is 0 Å². The first-order chi connectivity index (χ1) is 34.0. The fraction of sp³-hybridized carbons (Fsp3) is 0.118. The molecular formula is C68H57N2+. The van der Waals surface area contributed by atoms with Crippen molar-refractivity contribution in [3.63, 3.8) is 0 Å². The van der Waals surface area contributed by atoms with Crippen LogP contribution in [-0.2, 0) is 5.41 Å². The Labute approximate surface area is 414 Å². The van der Waals surface area contributed by atoms with Gasteiger partial charge in [-0.2, -0.15) is 0 Å². The zero-order chi connectivity index (χ0) is 47.9. The highest BCUT2D eigenvalue weighted by Crippen LogP contribution is 2.65. The smallest absolute Gasteiger partial charge is 0.143 e. The largest absolute Gasteiger partial charge is 0.310 e. The van der Waals surface area contributed by atoms with E-state index >= 15 is 0 Å². The fourth-order valence-electron chi connectivity index (χ4n) is 11.4. The molecule has 2 heteroatoms. The lowest BCUT2D eigenvalue weighted by molar-refractivity contribution is 0.625. The zero-order valence-electron chi connectivity index (χ0n) is 41.2. The van der Waals surface area contributed by atoms with E-state index in [2.05, 4.69) is 272 Å². The number of anilines is 3. The van der Waals surface area contributed by atoms with Gasteiger partial charge in [0.15, 0.2) is 0 Å². The van der Waals surface area contributed by atoms with Crippen molar-refractivity contribution in [3.8, 4) is 44.5 Å². The highest BCUT2D eigenvalue weighted by molar-refractivity contribution is 5.99. The van der Waals surface area contributed by atoms with E-state index in [1.165, 1.54) is 117 Å². The van der Waals surface area contributed by atoms with E-state index in [0.717, 1.165) is 17.1 Å². The predicted molar refractivity (Wildman–Crippen MR) is 297 cm³/mol. The Morgan fingerprint density at radius 2 is 0.557 bits per heavy atom. The molecule has 0 saturated carbocycles. The maximum atomic E-state index is 2.57. The number of hydrogen-bond acceptors (Lipinski definition) is 1. The van der Waals surface area contributed by atoms with Crippen LogP contribution in [-0.4, -0.2) is 7.05 Å². The Hall–Kier alpha value is -8.04. The molecule has 1 atom stereocenters. The molecule has 1 unspecified atom stereocenters. The van der Waals surface area contributed by atoms with Crippen molar-refractivity contribution in [1.82, 2.24) is 4.48 Å². The fourth-order valence-corrected chi connectivity index (χ4v) is 11.4. The Morgan fingerprint density at radius 3 is 0.971 bits per heavy atom. The van der Waals surface area contributed by atoms with Gasteiger partial charge < -0.3 is 4.90 Å². The molecular weight excluding hydrogens is 845 g/mol. The van der Waals surface area contributed by atoms with E-state index < -0.39 is 5.41 Å². The Morgan fingerprint density at radius 1 is 0.271 bits per heavy atom. The highest BCUT2D eigenvalue weighted by Gasteiger charge is 2.53. The number of fused-ring (bicyclic) bond motifs is 10. The second-order valence-corrected chi connectivity index (χ2v) is 20.1. The molecule has 1 spiro atoms. The first kappa shape index (κ1) is 43.3. The lowest BCUT2D eigenvalue weighted by atomic mass is 9.69. The van der Waals surface area contributed by atoms with Gasteiger partial charge in [0, 0.05) is 53.5 Å². The van der Waals surface area contributed by atoms with E-state index in [1.54, 1.807) is 0 Å². The number of nitrogens with zero attached hydrogens (tertiary/aromatic N) is 2. The van der Waals surface area contributed by atoms with Gasteiger partial charge in [-0.25, -0.2) is 4.48 Å². The van der Waals surface area contributed by atoms with Crippen LogP contribution in [0.4, 0.5) is 34.1 Å². The van der Waals surface area contributed by atoms with Gasteiger partial charge >= 0.3 is 0 Å². The molecule has 2 nitrogen and oxygen atoms in total. The molecule has 338 valence electrons. The first-order valence-corrected chi connectivity index (χ1v) is 24.7.